The van der Waals surface area contributed by atoms with Gasteiger partial charge in [0, 0.05) is 5.69 Å². The summed E-state index contributed by atoms with van der Waals surface area (Å²) in [5.41, 5.74) is 3.21. The minimum atomic E-state index is -0.508. The molecule has 0 saturated carbocycles. The zero-order valence-corrected chi connectivity index (χ0v) is 14.8. The highest BCUT2D eigenvalue weighted by Gasteiger charge is 2.28. The van der Waals surface area contributed by atoms with Crippen molar-refractivity contribution in [2.45, 2.75) is 45.0 Å². The van der Waals surface area contributed by atoms with Crippen LogP contribution < -0.4 is 4.90 Å². The molecule has 2 aromatic carbocycles. The molecule has 0 aliphatic heterocycles. The number of aryl methyl sites for hydroxylation is 1. The maximum atomic E-state index is 13.0. The second kappa shape index (κ2) is 8.16. The molecule has 1 amide bonds. The lowest BCUT2D eigenvalue weighted by Crippen LogP contribution is -2.39. The number of hydrogen-bond donors (Lipinski definition) is 0. The molecule has 0 N–H and O–H groups in total. The van der Waals surface area contributed by atoms with Gasteiger partial charge in [0.05, 0.1) is 6.04 Å². The Morgan fingerprint density at radius 1 is 1.04 bits per heavy atom. The van der Waals surface area contributed by atoms with Gasteiger partial charge in [-0.15, -0.1) is 11.6 Å². The Hall–Kier alpha value is -1.80. The number of amides is 1. The number of rotatable bonds is 6. The summed E-state index contributed by atoms with van der Waals surface area (Å²) in [6, 6.07) is 18.1. The van der Waals surface area contributed by atoms with Gasteiger partial charge in [0.1, 0.15) is 5.38 Å². The molecule has 0 radical (unpaired) electrons. The van der Waals surface area contributed by atoms with Crippen LogP contribution in [-0.4, -0.2) is 11.3 Å². The van der Waals surface area contributed by atoms with Crippen LogP contribution in [0.15, 0.2) is 54.6 Å². The Kier molecular flexibility index (Phi) is 6.23. The normalized spacial score (nSPS) is 13.4. The van der Waals surface area contributed by atoms with Crippen molar-refractivity contribution in [2.75, 3.05) is 4.90 Å². The lowest BCUT2D eigenvalue weighted by Gasteiger charge is -2.32. The number of benzene rings is 2. The highest BCUT2D eigenvalue weighted by molar-refractivity contribution is 6.32. The highest BCUT2D eigenvalue weighted by atomic mass is 35.5. The Bertz CT molecular complexity index is 641. The van der Waals surface area contributed by atoms with E-state index in [0.29, 0.717) is 6.42 Å². The van der Waals surface area contributed by atoms with Gasteiger partial charge in [0.15, 0.2) is 0 Å². The smallest absolute Gasteiger partial charge is 0.245 e. The molecule has 2 aromatic rings. The molecule has 2 rings (SSSR count). The van der Waals surface area contributed by atoms with Crippen molar-refractivity contribution >= 4 is 23.2 Å². The number of nitrogens with zero attached hydrogens (tertiary/aromatic N) is 1. The molecule has 0 fully saturated rings. The van der Waals surface area contributed by atoms with E-state index in [2.05, 4.69) is 32.0 Å². The maximum Gasteiger partial charge on any atom is 0.245 e. The first-order chi connectivity index (χ1) is 11.1. The zero-order chi connectivity index (χ0) is 16.8. The van der Waals surface area contributed by atoms with E-state index in [1.807, 2.05) is 48.2 Å². The number of anilines is 1. The van der Waals surface area contributed by atoms with Gasteiger partial charge >= 0.3 is 0 Å². The third-order valence-electron chi connectivity index (χ3n) is 4.17. The first kappa shape index (κ1) is 17.6. The largest absolute Gasteiger partial charge is 0.304 e. The van der Waals surface area contributed by atoms with Crippen molar-refractivity contribution in [1.29, 1.82) is 0 Å². The molecular formula is C20H24ClNO. The van der Waals surface area contributed by atoms with Crippen LogP contribution in [0.3, 0.4) is 0 Å². The molecule has 23 heavy (non-hydrogen) atoms. The average molecular weight is 330 g/mol. The fourth-order valence-corrected chi connectivity index (χ4v) is 2.87. The van der Waals surface area contributed by atoms with Gasteiger partial charge in [-0.05, 0) is 37.0 Å². The number of para-hydroxylation sites is 1. The standard InChI is InChI=1S/C20H24ClNO/c1-4-16-11-9-10-14-19(16)22(20(23)18(21)5-2)15(3)17-12-7-6-8-13-17/h6-15,18H,4-5H2,1-3H3. The van der Waals surface area contributed by atoms with Crippen molar-refractivity contribution < 1.29 is 4.79 Å². The summed E-state index contributed by atoms with van der Waals surface area (Å²) in [5, 5.41) is -0.508. The lowest BCUT2D eigenvalue weighted by atomic mass is 10.0. The SMILES string of the molecule is CCc1ccccc1N(C(=O)C(Cl)CC)C(C)c1ccccc1. The molecule has 0 aromatic heterocycles. The number of alkyl halides is 1. The van der Waals surface area contributed by atoms with Crippen LogP contribution in [-0.2, 0) is 11.2 Å². The number of halogens is 1. The van der Waals surface area contributed by atoms with Gasteiger partial charge in [-0.2, -0.15) is 0 Å². The molecule has 0 aliphatic carbocycles. The van der Waals surface area contributed by atoms with Crippen LogP contribution in [0.4, 0.5) is 5.69 Å². The van der Waals surface area contributed by atoms with Crippen LogP contribution in [0.1, 0.15) is 44.4 Å². The minimum Gasteiger partial charge on any atom is -0.304 e. The molecule has 3 heteroatoms. The summed E-state index contributed by atoms with van der Waals surface area (Å²) in [4.78, 5) is 14.8. The first-order valence-corrected chi connectivity index (χ1v) is 8.63. The summed E-state index contributed by atoms with van der Waals surface area (Å²) in [7, 11) is 0. The highest BCUT2D eigenvalue weighted by Crippen LogP contribution is 2.31. The van der Waals surface area contributed by atoms with Gasteiger partial charge in [-0.25, -0.2) is 0 Å². The maximum absolute atomic E-state index is 13.0. The summed E-state index contributed by atoms with van der Waals surface area (Å²) < 4.78 is 0. The molecule has 2 nitrogen and oxygen atoms in total. The third-order valence-corrected chi connectivity index (χ3v) is 4.66. The van der Waals surface area contributed by atoms with E-state index in [-0.39, 0.29) is 11.9 Å². The van der Waals surface area contributed by atoms with E-state index in [1.165, 1.54) is 0 Å². The van der Waals surface area contributed by atoms with Crippen molar-refractivity contribution in [2.24, 2.45) is 0 Å². The third kappa shape index (κ3) is 3.94. The Morgan fingerprint density at radius 2 is 1.65 bits per heavy atom. The second-order valence-electron chi connectivity index (χ2n) is 5.65. The van der Waals surface area contributed by atoms with Gasteiger partial charge in [0.2, 0.25) is 5.91 Å². The van der Waals surface area contributed by atoms with Crippen molar-refractivity contribution in [1.82, 2.24) is 0 Å². The van der Waals surface area contributed by atoms with Gasteiger partial charge < -0.3 is 4.90 Å². The minimum absolute atomic E-state index is 0.0357. The van der Waals surface area contributed by atoms with E-state index in [1.54, 1.807) is 0 Å². The molecule has 0 heterocycles. The molecule has 2 unspecified atom stereocenters. The second-order valence-corrected chi connectivity index (χ2v) is 6.18. The van der Waals surface area contributed by atoms with Crippen LogP contribution in [0, 0.1) is 0 Å². The molecule has 0 bridgehead atoms. The van der Waals surface area contributed by atoms with Crippen LogP contribution in [0.5, 0.6) is 0 Å². The molecule has 0 aliphatic rings. The quantitative estimate of drug-likeness (QED) is 0.653. The Labute approximate surface area is 144 Å². The van der Waals surface area contributed by atoms with E-state index in [0.717, 1.165) is 23.2 Å². The Morgan fingerprint density at radius 3 is 2.26 bits per heavy atom. The van der Waals surface area contributed by atoms with E-state index >= 15 is 0 Å². The summed E-state index contributed by atoms with van der Waals surface area (Å²) in [6.07, 6.45) is 1.49. The fourth-order valence-electron chi connectivity index (χ4n) is 2.77. The predicted molar refractivity (Wildman–Crippen MR) is 98.1 cm³/mol. The number of carbonyl (C=O) groups excluding carboxylic acids is 1. The number of hydrogen-bond acceptors (Lipinski definition) is 1. The van der Waals surface area contributed by atoms with Crippen molar-refractivity contribution in [3.05, 3.63) is 65.7 Å². The summed E-state index contributed by atoms with van der Waals surface area (Å²) >= 11 is 6.30. The van der Waals surface area contributed by atoms with Crippen LogP contribution in [0.2, 0.25) is 0 Å². The first-order valence-electron chi connectivity index (χ1n) is 8.20. The molecule has 0 saturated heterocycles. The summed E-state index contributed by atoms with van der Waals surface area (Å²) in [6.45, 7) is 6.10. The van der Waals surface area contributed by atoms with Crippen molar-refractivity contribution in [3.63, 3.8) is 0 Å². The van der Waals surface area contributed by atoms with Crippen molar-refractivity contribution in [3.8, 4) is 0 Å². The molecule has 122 valence electrons. The van der Waals surface area contributed by atoms with E-state index in [9.17, 15) is 4.79 Å². The predicted octanol–water partition coefficient (Wildman–Crippen LogP) is 5.36. The number of carbonyl (C=O) groups is 1. The molecule has 0 spiro atoms. The lowest BCUT2D eigenvalue weighted by molar-refractivity contribution is -0.118. The molecule has 2 atom stereocenters. The van der Waals surface area contributed by atoms with Crippen LogP contribution >= 0.6 is 11.6 Å². The monoisotopic (exact) mass is 329 g/mol. The topological polar surface area (TPSA) is 20.3 Å². The van der Waals surface area contributed by atoms with E-state index in [4.69, 9.17) is 11.6 Å². The van der Waals surface area contributed by atoms with Crippen LogP contribution in [0.25, 0.3) is 0 Å². The van der Waals surface area contributed by atoms with Gasteiger partial charge in [-0.3, -0.25) is 4.79 Å². The average Bonchev–Trinajstić information content (AvgIpc) is 2.62. The zero-order valence-electron chi connectivity index (χ0n) is 14.0. The van der Waals surface area contributed by atoms with Gasteiger partial charge in [-0.1, -0.05) is 62.4 Å². The fraction of sp³-hybridized carbons (Fsp3) is 0.350. The molecular weight excluding hydrogens is 306 g/mol. The Balaban J connectivity index is 2.50. The summed E-state index contributed by atoms with van der Waals surface area (Å²) in [5.74, 6) is -0.0357. The van der Waals surface area contributed by atoms with E-state index < -0.39 is 5.38 Å². The van der Waals surface area contributed by atoms with Gasteiger partial charge in [0.25, 0.3) is 0 Å².